The van der Waals surface area contributed by atoms with Crippen molar-refractivity contribution in [2.75, 3.05) is 6.54 Å². The minimum absolute atomic E-state index is 0.188. The average molecular weight is 380 g/mol. The van der Waals surface area contributed by atoms with Crippen molar-refractivity contribution < 1.29 is 26.7 Å². The molecular weight excluding hydrogens is 367 g/mol. The maximum atomic E-state index is 13.4. The molecule has 0 aliphatic heterocycles. The number of hydrogen-bond acceptors (Lipinski definition) is 3. The fraction of sp³-hybridized carbons (Fsp3) is 0.200. The highest BCUT2D eigenvalue weighted by Gasteiger charge is 2.55. The largest absolute Gasteiger partial charge is 0.422 e. The van der Waals surface area contributed by atoms with Gasteiger partial charge in [0.2, 0.25) is 10.0 Å². The Morgan fingerprint density at radius 3 is 2.04 bits per heavy atom. The molecule has 9 heteroatoms. The molecule has 2 N–H and O–H groups in total. The van der Waals surface area contributed by atoms with Crippen molar-refractivity contribution in [2.45, 2.75) is 16.7 Å². The Bertz CT molecular complexity index is 795. The van der Waals surface area contributed by atoms with Crippen LogP contribution in [-0.4, -0.2) is 26.2 Å². The Balaban J connectivity index is 2.33. The first kappa shape index (κ1) is 18.7. The molecule has 1 unspecified atom stereocenters. The third-order valence-corrected chi connectivity index (χ3v) is 5.03. The number of halogens is 4. The normalized spacial score (nSPS) is 15.0. The third-order valence-electron chi connectivity index (χ3n) is 3.36. The monoisotopic (exact) mass is 379 g/mol. The molecule has 0 saturated carbocycles. The van der Waals surface area contributed by atoms with Gasteiger partial charge < -0.3 is 5.11 Å². The van der Waals surface area contributed by atoms with Gasteiger partial charge in [0.1, 0.15) is 0 Å². The van der Waals surface area contributed by atoms with E-state index in [1.165, 1.54) is 36.4 Å². The van der Waals surface area contributed by atoms with Crippen LogP contribution in [0.5, 0.6) is 0 Å². The van der Waals surface area contributed by atoms with Crippen molar-refractivity contribution in [3.8, 4) is 0 Å². The summed E-state index contributed by atoms with van der Waals surface area (Å²) in [6.45, 7) is -1.27. The molecule has 130 valence electrons. The fourth-order valence-corrected chi connectivity index (χ4v) is 3.18. The molecule has 2 aromatic rings. The first-order valence-electron chi connectivity index (χ1n) is 6.66. The Hall–Kier alpha value is -1.61. The van der Waals surface area contributed by atoms with Gasteiger partial charge in [0.25, 0.3) is 0 Å². The summed E-state index contributed by atoms with van der Waals surface area (Å²) >= 11 is 5.63. The van der Waals surface area contributed by atoms with E-state index in [9.17, 15) is 26.7 Å². The molecule has 1 atom stereocenters. The second kappa shape index (κ2) is 6.72. The predicted molar refractivity (Wildman–Crippen MR) is 83.0 cm³/mol. The van der Waals surface area contributed by atoms with E-state index in [-0.39, 0.29) is 9.92 Å². The lowest BCUT2D eigenvalue weighted by atomic mass is 9.93. The van der Waals surface area contributed by atoms with E-state index in [0.29, 0.717) is 0 Å². The van der Waals surface area contributed by atoms with Crippen molar-refractivity contribution in [1.82, 2.24) is 4.72 Å². The Morgan fingerprint density at radius 1 is 1.00 bits per heavy atom. The van der Waals surface area contributed by atoms with Crippen molar-refractivity contribution in [2.24, 2.45) is 0 Å². The van der Waals surface area contributed by atoms with Crippen molar-refractivity contribution in [3.05, 3.63) is 65.2 Å². The van der Waals surface area contributed by atoms with E-state index in [4.69, 9.17) is 11.6 Å². The highest BCUT2D eigenvalue weighted by molar-refractivity contribution is 7.89. The van der Waals surface area contributed by atoms with Gasteiger partial charge in [-0.25, -0.2) is 13.1 Å². The molecule has 0 aliphatic rings. The summed E-state index contributed by atoms with van der Waals surface area (Å²) < 4.78 is 66.0. The smallest absolute Gasteiger partial charge is 0.375 e. The topological polar surface area (TPSA) is 66.4 Å². The van der Waals surface area contributed by atoms with Gasteiger partial charge in [0.15, 0.2) is 5.60 Å². The molecule has 0 spiro atoms. The van der Waals surface area contributed by atoms with Crippen LogP contribution in [0.3, 0.4) is 0 Å². The second-order valence-electron chi connectivity index (χ2n) is 5.00. The van der Waals surface area contributed by atoms with E-state index in [2.05, 4.69) is 0 Å². The minimum atomic E-state index is -5.10. The molecule has 2 aromatic carbocycles. The van der Waals surface area contributed by atoms with Crippen molar-refractivity contribution >= 4 is 21.6 Å². The molecule has 2 rings (SSSR count). The number of nitrogens with one attached hydrogen (secondary N) is 1. The maximum absolute atomic E-state index is 13.4. The number of aliphatic hydroxyl groups is 1. The number of benzene rings is 2. The van der Waals surface area contributed by atoms with Gasteiger partial charge in [-0.05, 0) is 29.8 Å². The van der Waals surface area contributed by atoms with Gasteiger partial charge >= 0.3 is 6.18 Å². The fourth-order valence-electron chi connectivity index (χ4n) is 1.97. The van der Waals surface area contributed by atoms with E-state index >= 15 is 0 Å². The molecule has 4 nitrogen and oxygen atoms in total. The van der Waals surface area contributed by atoms with E-state index < -0.39 is 33.9 Å². The standard InChI is InChI=1S/C15H13ClF3NO3S/c16-12-8-6-11(7-9-12)14(21,15(17,18)19)10-20-24(22,23)13-4-2-1-3-5-13/h1-9,20-21H,10H2. The number of rotatable bonds is 5. The Kier molecular flexibility index (Phi) is 5.24. The molecule has 0 aliphatic carbocycles. The maximum Gasteiger partial charge on any atom is 0.422 e. The molecule has 24 heavy (non-hydrogen) atoms. The van der Waals surface area contributed by atoms with Crippen LogP contribution in [0.2, 0.25) is 5.02 Å². The molecule has 0 saturated heterocycles. The van der Waals surface area contributed by atoms with Gasteiger partial charge in [-0.1, -0.05) is 41.9 Å². The number of alkyl halides is 3. The zero-order chi connectivity index (χ0) is 18.0. The molecule has 0 amide bonds. The first-order valence-corrected chi connectivity index (χ1v) is 8.52. The summed E-state index contributed by atoms with van der Waals surface area (Å²) in [7, 11) is -4.21. The number of sulfonamides is 1. The molecule has 0 fully saturated rings. The molecule has 0 aromatic heterocycles. The summed E-state index contributed by atoms with van der Waals surface area (Å²) in [6.07, 6.45) is -5.10. The molecular formula is C15H13ClF3NO3S. The summed E-state index contributed by atoms with van der Waals surface area (Å²) in [5.41, 5.74) is -3.91. The molecule has 0 radical (unpaired) electrons. The lowest BCUT2D eigenvalue weighted by Gasteiger charge is -2.31. The third kappa shape index (κ3) is 3.89. The highest BCUT2D eigenvalue weighted by atomic mass is 35.5. The van der Waals surface area contributed by atoms with Crippen LogP contribution < -0.4 is 4.72 Å². The van der Waals surface area contributed by atoms with Gasteiger partial charge in [-0.3, -0.25) is 0 Å². The van der Waals surface area contributed by atoms with Crippen LogP contribution in [-0.2, 0) is 15.6 Å². The van der Waals surface area contributed by atoms with Gasteiger partial charge in [0, 0.05) is 5.02 Å². The quantitative estimate of drug-likeness (QED) is 0.839. The Labute approximate surface area is 141 Å². The van der Waals surface area contributed by atoms with E-state index in [1.807, 2.05) is 0 Å². The highest BCUT2D eigenvalue weighted by Crippen LogP contribution is 2.39. The van der Waals surface area contributed by atoms with Gasteiger partial charge in [-0.15, -0.1) is 0 Å². The van der Waals surface area contributed by atoms with Crippen LogP contribution in [0.15, 0.2) is 59.5 Å². The van der Waals surface area contributed by atoms with E-state index in [0.717, 1.165) is 12.1 Å². The van der Waals surface area contributed by atoms with Gasteiger partial charge in [0.05, 0.1) is 11.4 Å². The summed E-state index contributed by atoms with van der Waals surface area (Å²) in [6, 6.07) is 11.2. The lowest BCUT2D eigenvalue weighted by molar-refractivity contribution is -0.263. The van der Waals surface area contributed by atoms with Crippen LogP contribution in [0, 0.1) is 0 Å². The van der Waals surface area contributed by atoms with Gasteiger partial charge in [-0.2, -0.15) is 13.2 Å². The van der Waals surface area contributed by atoms with Crippen LogP contribution >= 0.6 is 11.6 Å². The summed E-state index contributed by atoms with van der Waals surface area (Å²) in [4.78, 5) is -0.203. The van der Waals surface area contributed by atoms with Crippen molar-refractivity contribution in [1.29, 1.82) is 0 Å². The zero-order valence-electron chi connectivity index (χ0n) is 12.1. The average Bonchev–Trinajstić information content (AvgIpc) is 2.53. The SMILES string of the molecule is O=S(=O)(NCC(O)(c1ccc(Cl)cc1)C(F)(F)F)c1ccccc1. The van der Waals surface area contributed by atoms with E-state index in [1.54, 1.807) is 10.8 Å². The molecule has 0 bridgehead atoms. The summed E-state index contributed by atoms with van der Waals surface area (Å²) in [5.74, 6) is 0. The van der Waals surface area contributed by atoms with Crippen molar-refractivity contribution in [3.63, 3.8) is 0 Å². The van der Waals surface area contributed by atoms with Crippen LogP contribution in [0.25, 0.3) is 0 Å². The van der Waals surface area contributed by atoms with Crippen LogP contribution in [0.4, 0.5) is 13.2 Å². The predicted octanol–water partition coefficient (Wildman–Crippen LogP) is 3.07. The Morgan fingerprint density at radius 2 is 1.54 bits per heavy atom. The first-order chi connectivity index (χ1) is 11.1. The summed E-state index contributed by atoms with van der Waals surface area (Å²) in [5, 5.41) is 10.3. The second-order valence-corrected chi connectivity index (χ2v) is 7.21. The minimum Gasteiger partial charge on any atom is -0.375 e. The lowest BCUT2D eigenvalue weighted by Crippen LogP contribution is -2.51. The molecule has 0 heterocycles. The number of hydrogen-bond donors (Lipinski definition) is 2. The van der Waals surface area contributed by atoms with Crippen LogP contribution in [0.1, 0.15) is 5.56 Å². The zero-order valence-corrected chi connectivity index (χ0v) is 13.7.